The van der Waals surface area contributed by atoms with Crippen molar-refractivity contribution in [1.82, 2.24) is 4.90 Å². The molecule has 1 saturated heterocycles. The van der Waals surface area contributed by atoms with Crippen molar-refractivity contribution in [3.05, 3.63) is 29.8 Å². The summed E-state index contributed by atoms with van der Waals surface area (Å²) in [6.45, 7) is 1.97. The molecule has 1 amide bonds. The number of carbonyl (C=O) groups excluding carboxylic acids is 1. The van der Waals surface area contributed by atoms with Crippen molar-refractivity contribution in [3.63, 3.8) is 0 Å². The summed E-state index contributed by atoms with van der Waals surface area (Å²) in [4.78, 5) is 14.0. The SMILES string of the molecule is COc1ccc(CC(=O)N2CC3CC3C2)cc1. The van der Waals surface area contributed by atoms with Crippen LogP contribution in [-0.4, -0.2) is 31.0 Å². The molecule has 3 rings (SSSR count). The molecule has 1 aliphatic carbocycles. The number of hydrogen-bond donors (Lipinski definition) is 0. The Bertz CT molecular complexity index is 416. The molecule has 1 aromatic rings. The zero-order valence-corrected chi connectivity index (χ0v) is 10.1. The number of nitrogens with zero attached hydrogens (tertiary/aromatic N) is 1. The summed E-state index contributed by atoms with van der Waals surface area (Å²) in [7, 11) is 1.65. The minimum atomic E-state index is 0.266. The Hall–Kier alpha value is -1.51. The van der Waals surface area contributed by atoms with Crippen molar-refractivity contribution in [1.29, 1.82) is 0 Å². The summed E-state index contributed by atoms with van der Waals surface area (Å²) < 4.78 is 5.10. The number of fused-ring (bicyclic) bond motifs is 1. The first kappa shape index (κ1) is 10.6. The number of benzene rings is 1. The normalized spacial score (nSPS) is 25.6. The molecular formula is C14H17NO2. The van der Waals surface area contributed by atoms with E-state index < -0.39 is 0 Å². The van der Waals surface area contributed by atoms with Crippen molar-refractivity contribution >= 4 is 5.91 Å². The van der Waals surface area contributed by atoms with E-state index in [4.69, 9.17) is 4.74 Å². The van der Waals surface area contributed by atoms with E-state index in [9.17, 15) is 4.79 Å². The van der Waals surface area contributed by atoms with Crippen LogP contribution in [0.15, 0.2) is 24.3 Å². The van der Waals surface area contributed by atoms with Crippen LogP contribution in [0.2, 0.25) is 0 Å². The zero-order chi connectivity index (χ0) is 11.8. The lowest BCUT2D eigenvalue weighted by Crippen LogP contribution is -2.31. The summed E-state index contributed by atoms with van der Waals surface area (Å²) in [5, 5.41) is 0. The molecule has 2 fully saturated rings. The molecule has 3 nitrogen and oxygen atoms in total. The number of carbonyl (C=O) groups is 1. The van der Waals surface area contributed by atoms with Crippen LogP contribution >= 0.6 is 0 Å². The van der Waals surface area contributed by atoms with Gasteiger partial charge in [-0.25, -0.2) is 0 Å². The predicted molar refractivity (Wildman–Crippen MR) is 64.9 cm³/mol. The third-order valence-electron chi connectivity index (χ3n) is 3.85. The Labute approximate surface area is 101 Å². The first-order chi connectivity index (χ1) is 8.26. The van der Waals surface area contributed by atoms with E-state index in [1.807, 2.05) is 29.2 Å². The Morgan fingerprint density at radius 2 is 1.94 bits per heavy atom. The topological polar surface area (TPSA) is 29.5 Å². The average molecular weight is 231 g/mol. The van der Waals surface area contributed by atoms with Crippen LogP contribution in [-0.2, 0) is 11.2 Å². The Kier molecular flexibility index (Phi) is 2.54. The van der Waals surface area contributed by atoms with Crippen molar-refractivity contribution < 1.29 is 9.53 Å². The number of rotatable bonds is 3. The lowest BCUT2D eigenvalue weighted by atomic mass is 10.1. The van der Waals surface area contributed by atoms with Gasteiger partial charge in [-0.1, -0.05) is 12.1 Å². The second-order valence-corrected chi connectivity index (χ2v) is 5.08. The van der Waals surface area contributed by atoms with Crippen LogP contribution in [0.1, 0.15) is 12.0 Å². The second kappa shape index (κ2) is 4.06. The minimum Gasteiger partial charge on any atom is -0.497 e. The Morgan fingerprint density at radius 1 is 1.29 bits per heavy atom. The maximum atomic E-state index is 12.0. The highest BCUT2D eigenvalue weighted by Crippen LogP contribution is 2.44. The molecule has 1 aromatic carbocycles. The lowest BCUT2D eigenvalue weighted by Gasteiger charge is -2.17. The molecule has 17 heavy (non-hydrogen) atoms. The molecule has 0 bridgehead atoms. The Balaban J connectivity index is 1.59. The number of hydrogen-bond acceptors (Lipinski definition) is 2. The molecule has 2 unspecified atom stereocenters. The van der Waals surface area contributed by atoms with Gasteiger partial charge in [-0.15, -0.1) is 0 Å². The monoisotopic (exact) mass is 231 g/mol. The average Bonchev–Trinajstić information content (AvgIpc) is 2.97. The van der Waals surface area contributed by atoms with E-state index in [1.54, 1.807) is 7.11 Å². The molecular weight excluding hydrogens is 214 g/mol. The van der Waals surface area contributed by atoms with Gasteiger partial charge in [-0.2, -0.15) is 0 Å². The van der Waals surface area contributed by atoms with E-state index >= 15 is 0 Å². The van der Waals surface area contributed by atoms with Gasteiger partial charge >= 0.3 is 0 Å². The van der Waals surface area contributed by atoms with Crippen LogP contribution in [0.3, 0.4) is 0 Å². The third kappa shape index (κ3) is 2.14. The van der Waals surface area contributed by atoms with E-state index in [0.29, 0.717) is 6.42 Å². The second-order valence-electron chi connectivity index (χ2n) is 5.08. The van der Waals surface area contributed by atoms with Crippen LogP contribution in [0.4, 0.5) is 0 Å². The smallest absolute Gasteiger partial charge is 0.227 e. The number of methoxy groups -OCH3 is 1. The van der Waals surface area contributed by atoms with Crippen LogP contribution < -0.4 is 4.74 Å². The van der Waals surface area contributed by atoms with Gasteiger partial charge in [0.1, 0.15) is 5.75 Å². The zero-order valence-electron chi connectivity index (χ0n) is 10.1. The van der Waals surface area contributed by atoms with E-state index in [1.165, 1.54) is 6.42 Å². The number of amides is 1. The summed E-state index contributed by atoms with van der Waals surface area (Å²) in [5.74, 6) is 2.73. The van der Waals surface area contributed by atoms with E-state index in [-0.39, 0.29) is 5.91 Å². The molecule has 3 heteroatoms. The lowest BCUT2D eigenvalue weighted by molar-refractivity contribution is -0.129. The standard InChI is InChI=1S/C14H17NO2/c1-17-13-4-2-10(3-5-13)6-14(16)15-8-11-7-12(11)9-15/h2-5,11-12H,6-9H2,1H3. The van der Waals surface area contributed by atoms with Crippen molar-refractivity contribution in [2.45, 2.75) is 12.8 Å². The van der Waals surface area contributed by atoms with Gasteiger partial charge in [0.2, 0.25) is 5.91 Å². The summed E-state index contributed by atoms with van der Waals surface area (Å²) in [5.41, 5.74) is 1.07. The summed E-state index contributed by atoms with van der Waals surface area (Å²) in [6.07, 6.45) is 1.86. The van der Waals surface area contributed by atoms with Gasteiger partial charge in [-0.3, -0.25) is 4.79 Å². The fraction of sp³-hybridized carbons (Fsp3) is 0.500. The molecule has 1 saturated carbocycles. The van der Waals surface area contributed by atoms with Gasteiger partial charge in [0.15, 0.2) is 0 Å². The van der Waals surface area contributed by atoms with E-state index in [2.05, 4.69) is 0 Å². The molecule has 0 aromatic heterocycles. The molecule has 0 spiro atoms. The fourth-order valence-electron chi connectivity index (χ4n) is 2.63. The van der Waals surface area contributed by atoms with Crippen LogP contribution in [0, 0.1) is 11.8 Å². The van der Waals surface area contributed by atoms with Gasteiger partial charge in [-0.05, 0) is 36.0 Å². The molecule has 1 heterocycles. The molecule has 90 valence electrons. The molecule has 1 aliphatic heterocycles. The van der Waals surface area contributed by atoms with Gasteiger partial charge in [0.05, 0.1) is 13.5 Å². The molecule has 0 N–H and O–H groups in total. The fourth-order valence-corrected chi connectivity index (χ4v) is 2.63. The van der Waals surface area contributed by atoms with Gasteiger partial charge in [0, 0.05) is 13.1 Å². The highest BCUT2D eigenvalue weighted by atomic mass is 16.5. The number of piperidine rings is 1. The quantitative estimate of drug-likeness (QED) is 0.792. The molecule has 2 atom stereocenters. The van der Waals surface area contributed by atoms with Gasteiger partial charge in [0.25, 0.3) is 0 Å². The maximum absolute atomic E-state index is 12.0. The minimum absolute atomic E-state index is 0.266. The highest BCUT2D eigenvalue weighted by molar-refractivity contribution is 5.79. The number of likely N-dealkylation sites (tertiary alicyclic amines) is 1. The van der Waals surface area contributed by atoms with Crippen molar-refractivity contribution in [3.8, 4) is 5.75 Å². The first-order valence-corrected chi connectivity index (χ1v) is 6.17. The largest absolute Gasteiger partial charge is 0.497 e. The van der Waals surface area contributed by atoms with Crippen LogP contribution in [0.25, 0.3) is 0 Å². The van der Waals surface area contributed by atoms with Crippen molar-refractivity contribution in [2.75, 3.05) is 20.2 Å². The van der Waals surface area contributed by atoms with Gasteiger partial charge < -0.3 is 9.64 Å². The summed E-state index contributed by atoms with van der Waals surface area (Å²) in [6, 6.07) is 7.75. The number of ether oxygens (including phenoxy) is 1. The third-order valence-corrected chi connectivity index (χ3v) is 3.85. The predicted octanol–water partition coefficient (Wildman–Crippen LogP) is 1.72. The Morgan fingerprint density at radius 3 is 2.53 bits per heavy atom. The van der Waals surface area contributed by atoms with Crippen LogP contribution in [0.5, 0.6) is 5.75 Å². The molecule has 0 radical (unpaired) electrons. The first-order valence-electron chi connectivity index (χ1n) is 6.17. The molecule has 2 aliphatic rings. The summed E-state index contributed by atoms with van der Waals surface area (Å²) >= 11 is 0. The highest BCUT2D eigenvalue weighted by Gasteiger charge is 2.46. The van der Waals surface area contributed by atoms with E-state index in [0.717, 1.165) is 36.2 Å². The van der Waals surface area contributed by atoms with Crippen molar-refractivity contribution in [2.24, 2.45) is 11.8 Å². The maximum Gasteiger partial charge on any atom is 0.227 e.